The lowest BCUT2D eigenvalue weighted by atomic mass is 10.0. The molecule has 0 radical (unpaired) electrons. The molecular formula is C19H23N3O4S. The number of fused-ring (bicyclic) bond motifs is 2. The number of aromatic amines is 1. The molecule has 1 aromatic heterocycles. The van der Waals surface area contributed by atoms with Crippen molar-refractivity contribution in [3.8, 4) is 0 Å². The minimum atomic E-state index is -3.19. The number of aromatic nitrogens is 1. The molecule has 1 amide bonds. The van der Waals surface area contributed by atoms with Crippen LogP contribution in [0.2, 0.25) is 0 Å². The molecule has 0 spiro atoms. The highest BCUT2D eigenvalue weighted by atomic mass is 32.2. The van der Waals surface area contributed by atoms with Crippen LogP contribution >= 0.6 is 0 Å². The molecular weight excluding hydrogens is 366 g/mol. The van der Waals surface area contributed by atoms with Crippen LogP contribution in [0.15, 0.2) is 35.1 Å². The molecule has 8 heteroatoms. The predicted molar refractivity (Wildman–Crippen MR) is 103 cm³/mol. The van der Waals surface area contributed by atoms with E-state index in [1.54, 1.807) is 11.8 Å². The van der Waals surface area contributed by atoms with Crippen LogP contribution in [-0.4, -0.2) is 65.8 Å². The molecule has 2 atom stereocenters. The van der Waals surface area contributed by atoms with Crippen molar-refractivity contribution in [2.75, 3.05) is 24.6 Å². The van der Waals surface area contributed by atoms with E-state index in [-0.39, 0.29) is 35.1 Å². The molecule has 7 nitrogen and oxygen atoms in total. The van der Waals surface area contributed by atoms with E-state index in [0.29, 0.717) is 31.6 Å². The Bertz CT molecular complexity index is 1050. The zero-order valence-electron chi connectivity index (χ0n) is 15.2. The molecule has 2 fully saturated rings. The Morgan fingerprint density at radius 1 is 1.19 bits per heavy atom. The number of piperazine rings is 1. The Kier molecular flexibility index (Phi) is 4.55. The van der Waals surface area contributed by atoms with Gasteiger partial charge < -0.3 is 9.88 Å². The monoisotopic (exact) mass is 389 g/mol. The summed E-state index contributed by atoms with van der Waals surface area (Å²) in [5.41, 5.74) is 1.25. The van der Waals surface area contributed by atoms with Crippen molar-refractivity contribution >= 4 is 26.6 Å². The topological polar surface area (TPSA) is 90.6 Å². The van der Waals surface area contributed by atoms with Gasteiger partial charge >= 0.3 is 0 Å². The highest BCUT2D eigenvalue weighted by Crippen LogP contribution is 2.28. The van der Waals surface area contributed by atoms with E-state index in [0.717, 1.165) is 10.9 Å². The third kappa shape index (κ3) is 3.39. The van der Waals surface area contributed by atoms with Crippen molar-refractivity contribution in [3.05, 3.63) is 46.2 Å². The summed E-state index contributed by atoms with van der Waals surface area (Å²) >= 11 is 0. The third-order valence-corrected chi connectivity index (χ3v) is 7.32. The maximum absolute atomic E-state index is 12.5. The van der Waals surface area contributed by atoms with Crippen molar-refractivity contribution < 1.29 is 13.2 Å². The van der Waals surface area contributed by atoms with Gasteiger partial charge in [-0.25, -0.2) is 8.42 Å². The first kappa shape index (κ1) is 18.2. The number of hydrogen-bond acceptors (Lipinski definition) is 5. The summed E-state index contributed by atoms with van der Waals surface area (Å²) in [7, 11) is -3.19. The zero-order chi connectivity index (χ0) is 19.2. The summed E-state index contributed by atoms with van der Waals surface area (Å²) in [6.07, 6.45) is 0.369. The Morgan fingerprint density at radius 3 is 2.70 bits per heavy atom. The molecule has 1 N–H and O–H groups in total. The first-order valence-electron chi connectivity index (χ1n) is 9.23. The van der Waals surface area contributed by atoms with Gasteiger partial charge in [0, 0.05) is 43.2 Å². The van der Waals surface area contributed by atoms with Gasteiger partial charge in [-0.3, -0.25) is 14.5 Å². The Morgan fingerprint density at radius 2 is 1.93 bits per heavy atom. The van der Waals surface area contributed by atoms with Crippen LogP contribution in [-0.2, 0) is 21.2 Å². The lowest BCUT2D eigenvalue weighted by molar-refractivity contribution is -0.136. The van der Waals surface area contributed by atoms with E-state index in [1.807, 2.05) is 35.2 Å². The molecule has 3 heterocycles. The standard InChI is InChI=1S/C19H23N3O4S/c1-2-18(23)22-8-7-21(16-11-27(25,26)12-17(16)22)10-14-9-13-5-3-4-6-15(13)20-19(14)24/h3-6,9,16-17H,2,7-8,10-12H2,1H3,(H,20,24)/t16-,17+/m0/s1. The number of benzene rings is 1. The average molecular weight is 389 g/mol. The number of pyridine rings is 1. The number of amides is 1. The number of rotatable bonds is 3. The number of H-pyrrole nitrogens is 1. The van der Waals surface area contributed by atoms with Crippen molar-refractivity contribution in [2.45, 2.75) is 32.0 Å². The normalized spacial score (nSPS) is 24.9. The van der Waals surface area contributed by atoms with Gasteiger partial charge in [0.05, 0.1) is 17.5 Å². The molecule has 4 rings (SSSR count). The molecule has 0 aliphatic carbocycles. The van der Waals surface area contributed by atoms with Gasteiger partial charge in [-0.2, -0.15) is 0 Å². The maximum Gasteiger partial charge on any atom is 0.252 e. The number of carbonyl (C=O) groups is 1. The van der Waals surface area contributed by atoms with Crippen molar-refractivity contribution in [1.82, 2.24) is 14.8 Å². The van der Waals surface area contributed by atoms with Gasteiger partial charge in [-0.1, -0.05) is 25.1 Å². The fourth-order valence-electron chi connectivity index (χ4n) is 4.26. The smallest absolute Gasteiger partial charge is 0.252 e. The van der Waals surface area contributed by atoms with E-state index in [9.17, 15) is 18.0 Å². The average Bonchev–Trinajstić information content (AvgIpc) is 2.97. The van der Waals surface area contributed by atoms with Crippen molar-refractivity contribution in [1.29, 1.82) is 0 Å². The number of carbonyl (C=O) groups excluding carboxylic acids is 1. The lowest BCUT2D eigenvalue weighted by Gasteiger charge is -2.43. The third-order valence-electron chi connectivity index (χ3n) is 5.62. The fraction of sp³-hybridized carbons (Fsp3) is 0.474. The zero-order valence-corrected chi connectivity index (χ0v) is 16.0. The van der Waals surface area contributed by atoms with Gasteiger partial charge in [0.25, 0.3) is 5.56 Å². The number of nitrogens with one attached hydrogen (secondary N) is 1. The summed E-state index contributed by atoms with van der Waals surface area (Å²) in [6, 6.07) is 8.87. The van der Waals surface area contributed by atoms with Crippen LogP contribution in [0.3, 0.4) is 0 Å². The van der Waals surface area contributed by atoms with E-state index >= 15 is 0 Å². The van der Waals surface area contributed by atoms with Gasteiger partial charge in [0.1, 0.15) is 0 Å². The van der Waals surface area contributed by atoms with Crippen LogP contribution in [0.4, 0.5) is 0 Å². The van der Waals surface area contributed by atoms with E-state index in [1.165, 1.54) is 0 Å². The highest BCUT2D eigenvalue weighted by Gasteiger charge is 2.47. The summed E-state index contributed by atoms with van der Waals surface area (Å²) in [4.78, 5) is 31.4. The fourth-order valence-corrected chi connectivity index (χ4v) is 6.27. The first-order chi connectivity index (χ1) is 12.9. The van der Waals surface area contributed by atoms with Crippen LogP contribution in [0.25, 0.3) is 10.9 Å². The van der Waals surface area contributed by atoms with Gasteiger partial charge in [0.2, 0.25) is 5.91 Å². The second-order valence-electron chi connectivity index (χ2n) is 7.33. The Hall–Kier alpha value is -2.19. The SMILES string of the molecule is CCC(=O)N1CCN(Cc2cc3ccccc3[nH]c2=O)[C@H]2CS(=O)(=O)C[C@H]21. The largest absolute Gasteiger partial charge is 0.336 e. The minimum Gasteiger partial charge on any atom is -0.336 e. The second kappa shape index (κ2) is 6.76. The predicted octanol–water partition coefficient (Wildman–Crippen LogP) is 0.748. The van der Waals surface area contributed by atoms with Crippen LogP contribution in [0.1, 0.15) is 18.9 Å². The molecule has 27 heavy (non-hydrogen) atoms. The Labute approximate surface area is 157 Å². The van der Waals surface area contributed by atoms with E-state index in [4.69, 9.17) is 0 Å². The molecule has 2 aliphatic rings. The number of hydrogen-bond donors (Lipinski definition) is 1. The summed E-state index contributed by atoms with van der Waals surface area (Å²) in [5.74, 6) is 0.0373. The van der Waals surface area contributed by atoms with Crippen LogP contribution in [0, 0.1) is 0 Å². The van der Waals surface area contributed by atoms with Crippen molar-refractivity contribution in [3.63, 3.8) is 0 Å². The second-order valence-corrected chi connectivity index (χ2v) is 9.49. The van der Waals surface area contributed by atoms with E-state index in [2.05, 4.69) is 4.98 Å². The minimum absolute atomic E-state index is 0.00792. The number of para-hydroxylation sites is 1. The molecule has 1 aromatic carbocycles. The summed E-state index contributed by atoms with van der Waals surface area (Å²) in [6.45, 7) is 3.23. The summed E-state index contributed by atoms with van der Waals surface area (Å²) in [5, 5.41) is 0.947. The highest BCUT2D eigenvalue weighted by molar-refractivity contribution is 7.91. The maximum atomic E-state index is 12.5. The molecule has 2 aliphatic heterocycles. The van der Waals surface area contributed by atoms with Gasteiger partial charge in [-0.15, -0.1) is 0 Å². The molecule has 144 valence electrons. The number of sulfone groups is 1. The number of nitrogens with zero attached hydrogens (tertiary/aromatic N) is 2. The molecule has 2 saturated heterocycles. The van der Waals surface area contributed by atoms with Crippen molar-refractivity contribution in [2.24, 2.45) is 0 Å². The van der Waals surface area contributed by atoms with Crippen LogP contribution < -0.4 is 5.56 Å². The first-order valence-corrected chi connectivity index (χ1v) is 11.0. The van der Waals surface area contributed by atoms with Crippen LogP contribution in [0.5, 0.6) is 0 Å². The lowest BCUT2D eigenvalue weighted by Crippen LogP contribution is -2.60. The molecule has 2 aromatic rings. The quantitative estimate of drug-likeness (QED) is 0.837. The molecule has 0 saturated carbocycles. The molecule has 0 bridgehead atoms. The van der Waals surface area contributed by atoms with Gasteiger partial charge in [0.15, 0.2) is 9.84 Å². The van der Waals surface area contributed by atoms with E-state index < -0.39 is 9.84 Å². The Balaban J connectivity index is 1.64. The molecule has 0 unspecified atom stereocenters. The summed E-state index contributed by atoms with van der Waals surface area (Å²) < 4.78 is 24.5. The van der Waals surface area contributed by atoms with Gasteiger partial charge in [-0.05, 0) is 17.5 Å².